The van der Waals surface area contributed by atoms with Gasteiger partial charge in [0.2, 0.25) is 0 Å². The number of halogens is 3. The van der Waals surface area contributed by atoms with E-state index in [2.05, 4.69) is 29.0 Å². The fraction of sp³-hybridized carbons (Fsp3) is 0.333. The van der Waals surface area contributed by atoms with Gasteiger partial charge in [-0.25, -0.2) is 0 Å². The van der Waals surface area contributed by atoms with Gasteiger partial charge in [0.15, 0.2) is 0 Å². The van der Waals surface area contributed by atoms with Gasteiger partial charge in [-0.05, 0) is 42.9 Å². The Morgan fingerprint density at radius 2 is 1.67 bits per heavy atom. The molecule has 6 heteroatoms. The van der Waals surface area contributed by atoms with Crippen molar-refractivity contribution in [2.45, 2.75) is 12.1 Å². The summed E-state index contributed by atoms with van der Waals surface area (Å²) in [7, 11) is 2.11. The molecule has 0 bridgehead atoms. The van der Waals surface area contributed by atoms with Crippen LogP contribution in [-0.2, 0) is 0 Å². The molecule has 2 atom stereocenters. The molecule has 1 aliphatic rings. The molecule has 0 aromatic heterocycles. The van der Waals surface area contributed by atoms with E-state index < -0.39 is 0 Å². The van der Waals surface area contributed by atoms with E-state index in [1.165, 1.54) is 5.56 Å². The van der Waals surface area contributed by atoms with E-state index in [-0.39, 0.29) is 12.1 Å². The monoisotopic (exact) mass is 383 g/mol. The van der Waals surface area contributed by atoms with Crippen LogP contribution in [0.15, 0.2) is 42.5 Å². The minimum absolute atomic E-state index is 0.102. The molecular weight excluding hydrogens is 365 g/mol. The van der Waals surface area contributed by atoms with Gasteiger partial charge in [0.05, 0.1) is 16.8 Å². The average Bonchev–Trinajstić information content (AvgIpc) is 2.56. The zero-order valence-corrected chi connectivity index (χ0v) is 15.7. The quantitative estimate of drug-likeness (QED) is 0.847. The first-order chi connectivity index (χ1) is 11.5. The second kappa shape index (κ2) is 7.51. The minimum Gasteiger partial charge on any atom is -0.360 e. The molecule has 2 N–H and O–H groups in total. The molecule has 3 nitrogen and oxygen atoms in total. The maximum absolute atomic E-state index is 6.48. The van der Waals surface area contributed by atoms with E-state index in [1.807, 2.05) is 24.3 Å². The first kappa shape index (κ1) is 17.8. The van der Waals surface area contributed by atoms with Crippen LogP contribution in [0.1, 0.15) is 11.6 Å². The van der Waals surface area contributed by atoms with Gasteiger partial charge >= 0.3 is 0 Å². The lowest BCUT2D eigenvalue weighted by Gasteiger charge is -2.47. The lowest BCUT2D eigenvalue weighted by molar-refractivity contribution is 0.179. The van der Waals surface area contributed by atoms with Crippen LogP contribution in [0, 0.1) is 0 Å². The fourth-order valence-corrected chi connectivity index (χ4v) is 4.02. The van der Waals surface area contributed by atoms with E-state index >= 15 is 0 Å². The first-order valence-electron chi connectivity index (χ1n) is 7.88. The van der Waals surface area contributed by atoms with Crippen molar-refractivity contribution in [1.29, 1.82) is 0 Å². The third-order valence-corrected chi connectivity index (χ3v) is 5.42. The van der Waals surface area contributed by atoms with Crippen LogP contribution in [0.3, 0.4) is 0 Å². The number of nitrogens with two attached hydrogens (primary N) is 1. The Balaban J connectivity index is 2.06. The molecule has 24 heavy (non-hydrogen) atoms. The second-order valence-corrected chi connectivity index (χ2v) is 7.35. The van der Waals surface area contributed by atoms with Crippen LogP contribution in [-0.4, -0.2) is 37.6 Å². The largest absolute Gasteiger partial charge is 0.360 e. The highest BCUT2D eigenvalue weighted by Gasteiger charge is 2.36. The Kier molecular flexibility index (Phi) is 5.58. The Bertz CT molecular complexity index is 705. The summed E-state index contributed by atoms with van der Waals surface area (Å²) in [5.41, 5.74) is 8.26. The van der Waals surface area contributed by atoms with Gasteiger partial charge in [-0.2, -0.15) is 0 Å². The summed E-state index contributed by atoms with van der Waals surface area (Å²) in [4.78, 5) is 4.62. The highest BCUT2D eigenvalue weighted by molar-refractivity contribution is 6.36. The van der Waals surface area contributed by atoms with Crippen molar-refractivity contribution in [2.75, 3.05) is 31.6 Å². The summed E-state index contributed by atoms with van der Waals surface area (Å²) in [5, 5.41) is 2.02. The van der Waals surface area contributed by atoms with Crippen LogP contribution in [0.4, 0.5) is 5.69 Å². The van der Waals surface area contributed by atoms with Crippen LogP contribution in [0.25, 0.3) is 0 Å². The maximum Gasteiger partial charge on any atom is 0.0711 e. The SMILES string of the molecule is CN1CCN(c2ccc(Cl)cc2Cl)[C@@H](c2ccc(Cl)cc2)[C@H]1CN. The normalized spacial score (nSPS) is 22.0. The van der Waals surface area contributed by atoms with Gasteiger partial charge in [-0.3, -0.25) is 4.90 Å². The van der Waals surface area contributed by atoms with Gasteiger partial charge in [-0.1, -0.05) is 46.9 Å². The number of hydrogen-bond donors (Lipinski definition) is 1. The average molecular weight is 385 g/mol. The molecule has 0 amide bonds. The third kappa shape index (κ3) is 3.51. The molecular formula is C18H20Cl3N3. The predicted molar refractivity (Wildman–Crippen MR) is 103 cm³/mol. The Hall–Kier alpha value is -0.970. The van der Waals surface area contributed by atoms with Crippen molar-refractivity contribution >= 4 is 40.5 Å². The van der Waals surface area contributed by atoms with Crippen LogP contribution in [0.2, 0.25) is 15.1 Å². The molecule has 1 fully saturated rings. The van der Waals surface area contributed by atoms with E-state index in [1.54, 1.807) is 6.07 Å². The van der Waals surface area contributed by atoms with E-state index in [9.17, 15) is 0 Å². The zero-order valence-electron chi connectivity index (χ0n) is 13.4. The van der Waals surface area contributed by atoms with Crippen molar-refractivity contribution in [3.8, 4) is 0 Å². The summed E-state index contributed by atoms with van der Waals surface area (Å²) in [6, 6.07) is 13.9. The highest BCUT2D eigenvalue weighted by atomic mass is 35.5. The summed E-state index contributed by atoms with van der Waals surface area (Å²) in [5.74, 6) is 0. The molecule has 0 aliphatic carbocycles. The van der Waals surface area contributed by atoms with Crippen molar-refractivity contribution in [3.63, 3.8) is 0 Å². The summed E-state index contributed by atoms with van der Waals surface area (Å²) in [6.45, 7) is 2.35. The number of hydrogen-bond acceptors (Lipinski definition) is 3. The highest BCUT2D eigenvalue weighted by Crippen LogP contribution is 2.38. The summed E-state index contributed by atoms with van der Waals surface area (Å²) >= 11 is 18.6. The number of anilines is 1. The molecule has 2 aromatic rings. The standard InChI is InChI=1S/C18H20Cl3N3/c1-23-8-9-24(16-7-6-14(20)10-15(16)21)18(17(23)11-22)12-2-4-13(19)5-3-12/h2-7,10,17-18H,8-9,11,22H2,1H3/t17-,18+/m1/s1. The minimum atomic E-state index is 0.102. The van der Waals surface area contributed by atoms with Crippen molar-refractivity contribution in [2.24, 2.45) is 5.73 Å². The Morgan fingerprint density at radius 3 is 2.29 bits per heavy atom. The number of likely N-dealkylation sites (N-methyl/N-ethyl adjacent to an activating group) is 1. The van der Waals surface area contributed by atoms with Crippen molar-refractivity contribution in [3.05, 3.63) is 63.1 Å². The van der Waals surface area contributed by atoms with Gasteiger partial charge in [-0.15, -0.1) is 0 Å². The van der Waals surface area contributed by atoms with E-state index in [4.69, 9.17) is 40.5 Å². The summed E-state index contributed by atoms with van der Waals surface area (Å²) < 4.78 is 0. The Morgan fingerprint density at radius 1 is 1.00 bits per heavy atom. The topological polar surface area (TPSA) is 32.5 Å². The summed E-state index contributed by atoms with van der Waals surface area (Å²) in [6.07, 6.45) is 0. The molecule has 0 spiro atoms. The van der Waals surface area contributed by atoms with Crippen LogP contribution >= 0.6 is 34.8 Å². The van der Waals surface area contributed by atoms with E-state index in [0.29, 0.717) is 16.6 Å². The van der Waals surface area contributed by atoms with Gasteiger partial charge in [0.25, 0.3) is 0 Å². The molecule has 0 unspecified atom stereocenters. The number of nitrogens with zero attached hydrogens (tertiary/aromatic N) is 2. The van der Waals surface area contributed by atoms with Crippen LogP contribution in [0.5, 0.6) is 0 Å². The molecule has 3 rings (SSSR count). The van der Waals surface area contributed by atoms with Gasteiger partial charge < -0.3 is 10.6 Å². The number of rotatable bonds is 3. The third-order valence-electron chi connectivity index (χ3n) is 4.63. The van der Waals surface area contributed by atoms with E-state index in [0.717, 1.165) is 23.8 Å². The van der Waals surface area contributed by atoms with Crippen molar-refractivity contribution < 1.29 is 0 Å². The smallest absolute Gasteiger partial charge is 0.0711 e. The molecule has 0 radical (unpaired) electrons. The molecule has 1 heterocycles. The van der Waals surface area contributed by atoms with Gasteiger partial charge in [0.1, 0.15) is 0 Å². The molecule has 1 aliphatic heterocycles. The molecule has 128 valence electrons. The number of benzene rings is 2. The van der Waals surface area contributed by atoms with Crippen molar-refractivity contribution in [1.82, 2.24) is 4.90 Å². The fourth-order valence-electron chi connectivity index (χ4n) is 3.37. The predicted octanol–water partition coefficient (Wildman–Crippen LogP) is 4.47. The van der Waals surface area contributed by atoms with Crippen LogP contribution < -0.4 is 10.6 Å². The molecule has 0 saturated carbocycles. The lowest BCUT2D eigenvalue weighted by Crippen LogP contribution is -2.56. The Labute approximate surface area is 157 Å². The van der Waals surface area contributed by atoms with Gasteiger partial charge in [0, 0.05) is 35.7 Å². The molecule has 2 aromatic carbocycles. The second-order valence-electron chi connectivity index (χ2n) is 6.07. The lowest BCUT2D eigenvalue weighted by atomic mass is 9.93. The first-order valence-corrected chi connectivity index (χ1v) is 9.02. The zero-order chi connectivity index (χ0) is 17.3. The molecule has 1 saturated heterocycles. The number of piperazine rings is 1. The maximum atomic E-state index is 6.48.